The van der Waals surface area contributed by atoms with Gasteiger partial charge in [-0.15, -0.1) is 10.2 Å². The highest BCUT2D eigenvalue weighted by atomic mass is 32.1. The Morgan fingerprint density at radius 1 is 1.46 bits per heavy atom. The molecule has 1 aliphatic carbocycles. The monoisotopic (exact) mass is 191 g/mol. The summed E-state index contributed by atoms with van der Waals surface area (Å²) in [5.41, 5.74) is 1.19. The van der Waals surface area contributed by atoms with Crippen molar-refractivity contribution >= 4 is 11.3 Å². The molecule has 3 rings (SSSR count). The van der Waals surface area contributed by atoms with Gasteiger partial charge in [0.1, 0.15) is 6.33 Å². The molecule has 0 spiro atoms. The summed E-state index contributed by atoms with van der Waals surface area (Å²) < 4.78 is 2.18. The van der Waals surface area contributed by atoms with Gasteiger partial charge in [-0.25, -0.2) is 0 Å². The third-order valence-electron chi connectivity index (χ3n) is 2.29. The Bertz CT molecular complexity index is 400. The van der Waals surface area contributed by atoms with E-state index in [0.29, 0.717) is 6.04 Å². The first kappa shape index (κ1) is 7.26. The number of nitrogens with zero attached hydrogens (tertiary/aromatic N) is 3. The van der Waals surface area contributed by atoms with Gasteiger partial charge >= 0.3 is 0 Å². The zero-order chi connectivity index (χ0) is 8.67. The first-order chi connectivity index (χ1) is 6.45. The predicted octanol–water partition coefficient (Wildman–Crippen LogP) is 2.34. The van der Waals surface area contributed by atoms with Crippen molar-refractivity contribution in [3.63, 3.8) is 0 Å². The van der Waals surface area contributed by atoms with E-state index in [-0.39, 0.29) is 0 Å². The fourth-order valence-electron chi connectivity index (χ4n) is 1.46. The van der Waals surface area contributed by atoms with Crippen molar-refractivity contribution < 1.29 is 0 Å². The van der Waals surface area contributed by atoms with Crippen LogP contribution in [0.3, 0.4) is 0 Å². The maximum atomic E-state index is 4.14. The van der Waals surface area contributed by atoms with Gasteiger partial charge in [-0.05, 0) is 24.3 Å². The minimum absolute atomic E-state index is 0.657. The summed E-state index contributed by atoms with van der Waals surface area (Å²) in [4.78, 5) is 0. The van der Waals surface area contributed by atoms with Crippen molar-refractivity contribution in [2.75, 3.05) is 0 Å². The lowest BCUT2D eigenvalue weighted by molar-refractivity contribution is 0.746. The van der Waals surface area contributed by atoms with Crippen molar-refractivity contribution in [3.8, 4) is 11.4 Å². The van der Waals surface area contributed by atoms with E-state index in [2.05, 4.69) is 31.6 Å². The van der Waals surface area contributed by atoms with Crippen LogP contribution in [-0.4, -0.2) is 14.8 Å². The van der Waals surface area contributed by atoms with Crippen LogP contribution in [-0.2, 0) is 0 Å². The molecule has 0 unspecified atom stereocenters. The molecule has 0 amide bonds. The Morgan fingerprint density at radius 3 is 3.08 bits per heavy atom. The molecule has 2 heterocycles. The Hall–Kier alpha value is -1.16. The van der Waals surface area contributed by atoms with Gasteiger partial charge in [-0.1, -0.05) is 0 Å². The second-order valence-corrected chi connectivity index (χ2v) is 4.09. The summed E-state index contributed by atoms with van der Waals surface area (Å²) in [6.45, 7) is 0. The van der Waals surface area contributed by atoms with Gasteiger partial charge in [0.15, 0.2) is 5.82 Å². The van der Waals surface area contributed by atoms with Crippen molar-refractivity contribution in [2.45, 2.75) is 18.9 Å². The zero-order valence-corrected chi connectivity index (χ0v) is 7.87. The minimum Gasteiger partial charge on any atom is -0.310 e. The Morgan fingerprint density at radius 2 is 2.38 bits per heavy atom. The van der Waals surface area contributed by atoms with Crippen LogP contribution in [0.25, 0.3) is 11.4 Å². The van der Waals surface area contributed by atoms with E-state index in [9.17, 15) is 0 Å². The van der Waals surface area contributed by atoms with E-state index in [4.69, 9.17) is 0 Å². The maximum absolute atomic E-state index is 4.14. The second-order valence-electron chi connectivity index (χ2n) is 3.31. The lowest BCUT2D eigenvalue weighted by Crippen LogP contribution is -1.94. The number of hydrogen-bond donors (Lipinski definition) is 0. The molecule has 0 N–H and O–H groups in total. The van der Waals surface area contributed by atoms with E-state index in [1.807, 2.05) is 6.33 Å². The van der Waals surface area contributed by atoms with E-state index in [0.717, 1.165) is 5.82 Å². The molecule has 0 atom stereocenters. The molecule has 3 nitrogen and oxygen atoms in total. The Balaban J connectivity index is 2.08. The standard InChI is InChI=1S/C9H9N3S/c1-2-8(1)12-6-10-11-9(12)7-3-4-13-5-7/h3-6,8H,1-2H2. The Labute approximate surface area is 80.0 Å². The smallest absolute Gasteiger partial charge is 0.164 e. The lowest BCUT2D eigenvalue weighted by atomic mass is 10.3. The number of rotatable bonds is 2. The quantitative estimate of drug-likeness (QED) is 0.729. The van der Waals surface area contributed by atoms with Gasteiger partial charge in [0.2, 0.25) is 0 Å². The normalized spacial score (nSPS) is 16.3. The molecule has 0 aliphatic heterocycles. The van der Waals surface area contributed by atoms with Gasteiger partial charge < -0.3 is 4.57 Å². The van der Waals surface area contributed by atoms with Crippen LogP contribution in [0.15, 0.2) is 23.2 Å². The molecule has 0 saturated heterocycles. The van der Waals surface area contributed by atoms with E-state index in [1.54, 1.807) is 11.3 Å². The summed E-state index contributed by atoms with van der Waals surface area (Å²) in [6, 6.07) is 2.75. The first-order valence-corrected chi connectivity index (χ1v) is 5.31. The summed E-state index contributed by atoms with van der Waals surface area (Å²) in [7, 11) is 0. The molecule has 1 saturated carbocycles. The van der Waals surface area contributed by atoms with Crippen LogP contribution >= 0.6 is 11.3 Å². The summed E-state index contributed by atoms with van der Waals surface area (Å²) in [6.07, 6.45) is 4.38. The van der Waals surface area contributed by atoms with Crippen LogP contribution in [0.1, 0.15) is 18.9 Å². The molecule has 1 fully saturated rings. The molecule has 2 aromatic heterocycles. The van der Waals surface area contributed by atoms with Gasteiger partial charge in [0, 0.05) is 17.0 Å². The number of aromatic nitrogens is 3. The van der Waals surface area contributed by atoms with Crippen molar-refractivity contribution in [2.24, 2.45) is 0 Å². The number of hydrogen-bond acceptors (Lipinski definition) is 3. The fraction of sp³-hybridized carbons (Fsp3) is 0.333. The third-order valence-corrected chi connectivity index (χ3v) is 2.98. The highest BCUT2D eigenvalue weighted by Gasteiger charge is 2.26. The first-order valence-electron chi connectivity index (χ1n) is 4.37. The highest BCUT2D eigenvalue weighted by molar-refractivity contribution is 7.08. The average Bonchev–Trinajstić information content (AvgIpc) is 2.72. The molecule has 13 heavy (non-hydrogen) atoms. The average molecular weight is 191 g/mol. The molecule has 0 bridgehead atoms. The Kier molecular flexibility index (Phi) is 1.49. The molecule has 0 radical (unpaired) electrons. The topological polar surface area (TPSA) is 30.7 Å². The molecule has 66 valence electrons. The van der Waals surface area contributed by atoms with Crippen LogP contribution in [0.2, 0.25) is 0 Å². The summed E-state index contributed by atoms with van der Waals surface area (Å²) >= 11 is 1.70. The molecule has 1 aliphatic rings. The SMILES string of the molecule is c1cc(-c2nncn2C2CC2)cs1. The van der Waals surface area contributed by atoms with Crippen LogP contribution in [0.5, 0.6) is 0 Å². The van der Waals surface area contributed by atoms with E-state index < -0.39 is 0 Å². The predicted molar refractivity (Wildman–Crippen MR) is 51.6 cm³/mol. The van der Waals surface area contributed by atoms with Gasteiger partial charge in [-0.2, -0.15) is 11.3 Å². The molecule has 0 aromatic carbocycles. The van der Waals surface area contributed by atoms with Gasteiger partial charge in [0.05, 0.1) is 0 Å². The molecular formula is C9H9N3S. The lowest BCUT2D eigenvalue weighted by Gasteiger charge is -2.00. The maximum Gasteiger partial charge on any atom is 0.164 e. The van der Waals surface area contributed by atoms with Crippen molar-refractivity contribution in [1.29, 1.82) is 0 Å². The largest absolute Gasteiger partial charge is 0.310 e. The van der Waals surface area contributed by atoms with E-state index >= 15 is 0 Å². The fourth-order valence-corrected chi connectivity index (χ4v) is 2.10. The van der Waals surface area contributed by atoms with Gasteiger partial charge in [-0.3, -0.25) is 0 Å². The van der Waals surface area contributed by atoms with Gasteiger partial charge in [0.25, 0.3) is 0 Å². The third kappa shape index (κ3) is 1.18. The molecule has 4 heteroatoms. The molecular weight excluding hydrogens is 182 g/mol. The highest BCUT2D eigenvalue weighted by Crippen LogP contribution is 2.37. The van der Waals surface area contributed by atoms with Crippen molar-refractivity contribution in [1.82, 2.24) is 14.8 Å². The van der Waals surface area contributed by atoms with Crippen LogP contribution in [0, 0.1) is 0 Å². The van der Waals surface area contributed by atoms with E-state index in [1.165, 1.54) is 18.4 Å². The van der Waals surface area contributed by atoms with Crippen LogP contribution in [0.4, 0.5) is 0 Å². The number of thiophene rings is 1. The van der Waals surface area contributed by atoms with Crippen molar-refractivity contribution in [3.05, 3.63) is 23.2 Å². The molecule has 2 aromatic rings. The summed E-state index contributed by atoms with van der Waals surface area (Å²) in [5, 5.41) is 12.3. The minimum atomic E-state index is 0.657. The zero-order valence-electron chi connectivity index (χ0n) is 7.05. The summed E-state index contributed by atoms with van der Waals surface area (Å²) in [5.74, 6) is 1.02. The van der Waals surface area contributed by atoms with Crippen LogP contribution < -0.4 is 0 Å². The second kappa shape index (κ2) is 2.67.